The highest BCUT2D eigenvalue weighted by atomic mass is 79.9. The van der Waals surface area contributed by atoms with Gasteiger partial charge in [0.15, 0.2) is 0 Å². The van der Waals surface area contributed by atoms with E-state index in [0.29, 0.717) is 12.4 Å². The third-order valence-corrected chi connectivity index (χ3v) is 6.37. The molecule has 0 spiro atoms. The maximum absolute atomic E-state index is 11.0. The summed E-state index contributed by atoms with van der Waals surface area (Å²) in [5, 5.41) is 9.00. The molecule has 0 unspecified atom stereocenters. The molecule has 1 aliphatic rings. The minimum Gasteiger partial charge on any atom is -0.487 e. The lowest BCUT2D eigenvalue weighted by molar-refractivity contribution is 0.0697. The molecule has 3 aromatic rings. The van der Waals surface area contributed by atoms with Crippen LogP contribution in [0.3, 0.4) is 0 Å². The predicted molar refractivity (Wildman–Crippen MR) is 136 cm³/mol. The average molecular weight is 574 g/mol. The summed E-state index contributed by atoms with van der Waals surface area (Å²) in [6.45, 7) is 3.67. The Labute approximate surface area is 209 Å². The molecule has 0 radical (unpaired) electrons. The van der Waals surface area contributed by atoms with Gasteiger partial charge in [0.05, 0.1) is 33.4 Å². The van der Waals surface area contributed by atoms with E-state index in [2.05, 4.69) is 53.9 Å². The van der Waals surface area contributed by atoms with E-state index in [1.165, 1.54) is 5.69 Å². The van der Waals surface area contributed by atoms with E-state index >= 15 is 0 Å². The fourth-order valence-electron chi connectivity index (χ4n) is 3.41. The number of hydrogen-bond donors (Lipinski definition) is 1. The number of anilines is 1. The van der Waals surface area contributed by atoms with Gasteiger partial charge >= 0.3 is 5.97 Å². The zero-order chi connectivity index (χ0) is 23.2. The molecule has 0 amide bonds. The number of carbonyl (C=O) groups is 1. The van der Waals surface area contributed by atoms with Crippen molar-refractivity contribution in [3.63, 3.8) is 0 Å². The third kappa shape index (κ3) is 6.22. The smallest absolute Gasteiger partial charge is 0.335 e. The largest absolute Gasteiger partial charge is 0.487 e. The number of halogens is 2. The van der Waals surface area contributed by atoms with Crippen molar-refractivity contribution in [1.82, 2.24) is 0 Å². The normalized spacial score (nSPS) is 13.9. The summed E-state index contributed by atoms with van der Waals surface area (Å²) >= 11 is 7.14. The van der Waals surface area contributed by atoms with E-state index in [4.69, 9.17) is 14.6 Å². The fraction of sp³-hybridized carbons (Fsp3) is 0.200. The van der Waals surface area contributed by atoms with E-state index in [1.807, 2.05) is 30.5 Å². The standard InChI is InChI=1S/C25H22Br2N2O4/c26-22-13-18(15-28-20-5-7-21(8-6-20)29-9-11-32-12-10-29)14-23(27)24(22)33-16-17-1-3-19(4-2-17)25(30)31/h1-8,13-15H,9-12,16H2,(H,30,31). The van der Waals surface area contributed by atoms with Crippen LogP contribution in [0.4, 0.5) is 11.4 Å². The van der Waals surface area contributed by atoms with Crippen molar-refractivity contribution in [2.45, 2.75) is 6.61 Å². The van der Waals surface area contributed by atoms with Crippen molar-refractivity contribution >= 4 is 55.4 Å². The molecule has 170 valence electrons. The molecule has 0 aromatic heterocycles. The molecule has 0 bridgehead atoms. The summed E-state index contributed by atoms with van der Waals surface area (Å²) in [6.07, 6.45) is 1.81. The van der Waals surface area contributed by atoms with Crippen LogP contribution >= 0.6 is 31.9 Å². The minimum absolute atomic E-state index is 0.250. The van der Waals surface area contributed by atoms with E-state index in [9.17, 15) is 4.79 Å². The van der Waals surface area contributed by atoms with Crippen LogP contribution in [0.15, 0.2) is 74.6 Å². The van der Waals surface area contributed by atoms with Crippen LogP contribution in [0.2, 0.25) is 0 Å². The summed E-state index contributed by atoms with van der Waals surface area (Å²) in [5.74, 6) is -0.275. The van der Waals surface area contributed by atoms with Gasteiger partial charge in [0.2, 0.25) is 0 Å². The van der Waals surface area contributed by atoms with Crippen LogP contribution in [0, 0.1) is 0 Å². The minimum atomic E-state index is -0.946. The van der Waals surface area contributed by atoms with Crippen LogP contribution in [-0.4, -0.2) is 43.6 Å². The lowest BCUT2D eigenvalue weighted by atomic mass is 10.1. The summed E-state index contributed by atoms with van der Waals surface area (Å²) in [7, 11) is 0. The summed E-state index contributed by atoms with van der Waals surface area (Å²) in [6, 6.07) is 18.7. The number of morpholine rings is 1. The van der Waals surface area contributed by atoms with E-state index in [-0.39, 0.29) is 5.56 Å². The van der Waals surface area contributed by atoms with Crippen LogP contribution in [0.1, 0.15) is 21.5 Å². The highest BCUT2D eigenvalue weighted by molar-refractivity contribution is 9.11. The Morgan fingerprint density at radius 3 is 2.27 bits per heavy atom. The van der Waals surface area contributed by atoms with Crippen molar-refractivity contribution in [2.24, 2.45) is 4.99 Å². The lowest BCUT2D eigenvalue weighted by Gasteiger charge is -2.28. The van der Waals surface area contributed by atoms with Crippen molar-refractivity contribution in [3.8, 4) is 5.75 Å². The Hall–Kier alpha value is -2.68. The van der Waals surface area contributed by atoms with Crippen molar-refractivity contribution < 1.29 is 19.4 Å². The van der Waals surface area contributed by atoms with Gasteiger partial charge in [-0.25, -0.2) is 4.79 Å². The average Bonchev–Trinajstić information content (AvgIpc) is 2.83. The van der Waals surface area contributed by atoms with E-state index in [0.717, 1.165) is 52.1 Å². The molecule has 33 heavy (non-hydrogen) atoms. The number of ether oxygens (including phenoxy) is 2. The first kappa shape index (κ1) is 23.5. The van der Waals surface area contributed by atoms with Gasteiger partial charge in [-0.2, -0.15) is 0 Å². The van der Waals surface area contributed by atoms with Gasteiger partial charge in [-0.05, 0) is 91.5 Å². The third-order valence-electron chi connectivity index (χ3n) is 5.19. The molecule has 4 rings (SSSR count). The van der Waals surface area contributed by atoms with Gasteiger partial charge < -0.3 is 19.5 Å². The van der Waals surface area contributed by atoms with E-state index in [1.54, 1.807) is 24.3 Å². The van der Waals surface area contributed by atoms with Crippen molar-refractivity contribution in [3.05, 3.63) is 86.3 Å². The molecule has 3 aromatic carbocycles. The summed E-state index contributed by atoms with van der Waals surface area (Å²) in [5.41, 5.74) is 4.11. The molecular formula is C25H22Br2N2O4. The first-order valence-electron chi connectivity index (χ1n) is 10.4. The topological polar surface area (TPSA) is 71.4 Å². The number of rotatable bonds is 7. The number of benzene rings is 3. The predicted octanol–water partition coefficient (Wildman–Crippen LogP) is 6.08. The SMILES string of the molecule is O=C(O)c1ccc(COc2c(Br)cc(C=Nc3ccc(N4CCOCC4)cc3)cc2Br)cc1. The van der Waals surface area contributed by atoms with Crippen LogP contribution < -0.4 is 9.64 Å². The van der Waals surface area contributed by atoms with Crippen LogP contribution in [-0.2, 0) is 11.3 Å². The number of carboxylic acids is 1. The number of hydrogen-bond acceptors (Lipinski definition) is 5. The maximum atomic E-state index is 11.0. The zero-order valence-corrected chi connectivity index (χ0v) is 20.9. The molecule has 0 aliphatic carbocycles. The molecular weight excluding hydrogens is 552 g/mol. The first-order valence-corrected chi connectivity index (χ1v) is 12.0. The molecule has 1 N–H and O–H groups in total. The Balaban J connectivity index is 1.40. The van der Waals surface area contributed by atoms with Crippen molar-refractivity contribution in [2.75, 3.05) is 31.2 Å². The lowest BCUT2D eigenvalue weighted by Crippen LogP contribution is -2.36. The van der Waals surface area contributed by atoms with Gasteiger partial charge in [-0.15, -0.1) is 0 Å². The molecule has 1 aliphatic heterocycles. The van der Waals surface area contributed by atoms with Crippen molar-refractivity contribution in [1.29, 1.82) is 0 Å². The molecule has 0 saturated carbocycles. The first-order chi connectivity index (χ1) is 16.0. The second-order valence-electron chi connectivity index (χ2n) is 7.48. The fourth-order valence-corrected chi connectivity index (χ4v) is 4.86. The Morgan fingerprint density at radius 2 is 1.67 bits per heavy atom. The molecule has 1 saturated heterocycles. The second-order valence-corrected chi connectivity index (χ2v) is 9.19. The van der Waals surface area contributed by atoms with Gasteiger partial charge in [0.1, 0.15) is 12.4 Å². The molecule has 6 nitrogen and oxygen atoms in total. The number of carboxylic acid groups (broad SMARTS) is 1. The summed E-state index contributed by atoms with van der Waals surface area (Å²) in [4.78, 5) is 17.9. The zero-order valence-electron chi connectivity index (χ0n) is 17.7. The van der Waals surface area contributed by atoms with Crippen LogP contribution in [0.25, 0.3) is 0 Å². The maximum Gasteiger partial charge on any atom is 0.335 e. The Kier molecular flexibility index (Phi) is 7.80. The van der Waals surface area contributed by atoms with Gasteiger partial charge in [0, 0.05) is 25.0 Å². The highest BCUT2D eigenvalue weighted by Crippen LogP contribution is 2.35. The highest BCUT2D eigenvalue weighted by Gasteiger charge is 2.11. The second kappa shape index (κ2) is 11.0. The molecule has 1 heterocycles. The Bertz CT molecular complexity index is 1120. The van der Waals surface area contributed by atoms with Crippen LogP contribution in [0.5, 0.6) is 5.75 Å². The molecule has 1 fully saturated rings. The summed E-state index contributed by atoms with van der Waals surface area (Å²) < 4.78 is 12.9. The number of nitrogens with zero attached hydrogens (tertiary/aromatic N) is 2. The molecule has 8 heteroatoms. The van der Waals surface area contributed by atoms with Gasteiger partial charge in [-0.3, -0.25) is 4.99 Å². The number of aromatic carboxylic acids is 1. The quantitative estimate of drug-likeness (QED) is 0.347. The monoisotopic (exact) mass is 572 g/mol. The van der Waals surface area contributed by atoms with Gasteiger partial charge in [0.25, 0.3) is 0 Å². The Morgan fingerprint density at radius 1 is 1.03 bits per heavy atom. The van der Waals surface area contributed by atoms with Gasteiger partial charge in [-0.1, -0.05) is 12.1 Å². The number of aliphatic imine (C=N–C) groups is 1. The van der Waals surface area contributed by atoms with E-state index < -0.39 is 5.97 Å². The molecule has 0 atom stereocenters.